The summed E-state index contributed by atoms with van der Waals surface area (Å²) in [5, 5.41) is 11.9. The number of carbonyl (C=O) groups excluding carboxylic acids is 2. The highest BCUT2D eigenvalue weighted by atomic mass is 19.4. The first-order chi connectivity index (χ1) is 18.2. The number of primary amides is 1. The highest BCUT2D eigenvalue weighted by Crippen LogP contribution is 2.55. The molecule has 5 atom stereocenters. The van der Waals surface area contributed by atoms with Crippen molar-refractivity contribution >= 4 is 17.5 Å². The van der Waals surface area contributed by atoms with E-state index in [1.807, 2.05) is 0 Å². The van der Waals surface area contributed by atoms with E-state index in [-0.39, 0.29) is 30.2 Å². The average Bonchev–Trinajstić information content (AvgIpc) is 3.16. The number of hydrogen-bond donors (Lipinski definition) is 3. The summed E-state index contributed by atoms with van der Waals surface area (Å²) in [6.45, 7) is 1.15. The van der Waals surface area contributed by atoms with Crippen LogP contribution in [0.5, 0.6) is 5.75 Å². The van der Waals surface area contributed by atoms with Gasteiger partial charge in [0.1, 0.15) is 11.8 Å². The molecule has 1 saturated heterocycles. The van der Waals surface area contributed by atoms with Crippen LogP contribution in [-0.2, 0) is 14.3 Å². The van der Waals surface area contributed by atoms with Crippen molar-refractivity contribution in [3.05, 3.63) is 53.4 Å². The fourth-order valence-electron chi connectivity index (χ4n) is 4.43. The van der Waals surface area contributed by atoms with Crippen LogP contribution in [0.25, 0.3) is 0 Å². The molecule has 0 bridgehead atoms. The molecule has 0 radical (unpaired) electrons. The van der Waals surface area contributed by atoms with E-state index in [1.165, 1.54) is 20.1 Å². The van der Waals surface area contributed by atoms with E-state index in [1.54, 1.807) is 0 Å². The van der Waals surface area contributed by atoms with Crippen LogP contribution in [0.15, 0.2) is 30.5 Å². The van der Waals surface area contributed by atoms with Crippen LogP contribution in [0.3, 0.4) is 0 Å². The van der Waals surface area contributed by atoms with E-state index in [0.29, 0.717) is 6.07 Å². The molecule has 1 aromatic heterocycles. The number of methoxy groups -OCH3 is 1. The van der Waals surface area contributed by atoms with Crippen molar-refractivity contribution in [2.45, 2.75) is 37.6 Å². The SMILES string of the molecule is COC[C@H](CO)COc1c([C@H]2[C@H](C(=O)Nc3ccnc(C(N)=O)c3)O[C@@](C)(C(F)(F)F)[C@H]2C)ccc(F)c1F. The van der Waals surface area contributed by atoms with Gasteiger partial charge in [-0.25, -0.2) is 4.39 Å². The zero-order valence-corrected chi connectivity index (χ0v) is 21.2. The summed E-state index contributed by atoms with van der Waals surface area (Å²) in [4.78, 5) is 28.5. The number of aliphatic hydroxyl groups is 1. The number of benzene rings is 1. The summed E-state index contributed by atoms with van der Waals surface area (Å²) in [7, 11) is 1.35. The summed E-state index contributed by atoms with van der Waals surface area (Å²) < 4.78 is 87.6. The Morgan fingerprint density at radius 3 is 2.54 bits per heavy atom. The standard InChI is InChI=1S/C25H28F5N3O6/c1-12-18(15-4-5-16(26)19(27)20(15)38-11-13(9-34)10-37-3)21(39-24(12,2)25(28,29)30)23(36)33-14-6-7-32-17(8-14)22(31)35/h4-8,12-13,18,21,34H,9-11H2,1-3H3,(H2,31,35)(H,32,33,36)/t12-,13-,18-,21+,24+/m0/s1. The van der Waals surface area contributed by atoms with Crippen LogP contribution < -0.4 is 15.8 Å². The molecule has 1 aliphatic heterocycles. The lowest BCUT2D eigenvalue weighted by Gasteiger charge is -2.32. The Morgan fingerprint density at radius 2 is 1.95 bits per heavy atom. The number of aromatic nitrogens is 1. The van der Waals surface area contributed by atoms with Crippen molar-refractivity contribution in [2.75, 3.05) is 32.2 Å². The third kappa shape index (κ3) is 6.12. The first kappa shape index (κ1) is 30.2. The van der Waals surface area contributed by atoms with Crippen LogP contribution >= 0.6 is 0 Å². The molecule has 1 fully saturated rings. The molecule has 39 heavy (non-hydrogen) atoms. The third-order valence-electron chi connectivity index (χ3n) is 6.77. The van der Waals surface area contributed by atoms with Gasteiger partial charge in [0, 0.05) is 42.3 Å². The number of carbonyl (C=O) groups is 2. The maximum Gasteiger partial charge on any atom is 0.417 e. The number of ether oxygens (including phenoxy) is 3. The molecule has 9 nitrogen and oxygen atoms in total. The van der Waals surface area contributed by atoms with Gasteiger partial charge in [-0.3, -0.25) is 14.6 Å². The molecular weight excluding hydrogens is 533 g/mol. The molecule has 0 spiro atoms. The fraction of sp³-hybridized carbons (Fsp3) is 0.480. The first-order valence-corrected chi connectivity index (χ1v) is 11.8. The quantitative estimate of drug-likeness (QED) is 0.380. The van der Waals surface area contributed by atoms with Crippen molar-refractivity contribution in [2.24, 2.45) is 17.6 Å². The number of nitrogens with two attached hydrogens (primary N) is 1. The van der Waals surface area contributed by atoms with Crippen LogP contribution in [0.1, 0.15) is 35.8 Å². The molecular formula is C25H28F5N3O6. The topological polar surface area (TPSA) is 133 Å². The van der Waals surface area contributed by atoms with E-state index in [0.717, 1.165) is 25.3 Å². The van der Waals surface area contributed by atoms with Crippen LogP contribution in [-0.4, -0.2) is 66.7 Å². The van der Waals surface area contributed by atoms with Crippen LogP contribution in [0, 0.1) is 23.5 Å². The monoisotopic (exact) mass is 561 g/mol. The summed E-state index contributed by atoms with van der Waals surface area (Å²) in [6, 6.07) is 4.14. The summed E-state index contributed by atoms with van der Waals surface area (Å²) in [6.07, 6.45) is -5.64. The van der Waals surface area contributed by atoms with Gasteiger partial charge in [-0.05, 0) is 25.1 Å². The molecule has 0 saturated carbocycles. The fourth-order valence-corrected chi connectivity index (χ4v) is 4.43. The molecule has 0 unspecified atom stereocenters. The van der Waals surface area contributed by atoms with Gasteiger partial charge in [-0.2, -0.15) is 17.6 Å². The Bertz CT molecular complexity index is 1210. The minimum atomic E-state index is -4.95. The molecule has 4 N–H and O–H groups in total. The summed E-state index contributed by atoms with van der Waals surface area (Å²) >= 11 is 0. The average molecular weight is 562 g/mol. The van der Waals surface area contributed by atoms with Gasteiger partial charge in [0.05, 0.1) is 19.8 Å². The van der Waals surface area contributed by atoms with Gasteiger partial charge >= 0.3 is 6.18 Å². The highest BCUT2D eigenvalue weighted by molar-refractivity contribution is 5.97. The van der Waals surface area contributed by atoms with Crippen LogP contribution in [0.2, 0.25) is 0 Å². The number of nitrogens with one attached hydrogen (secondary N) is 1. The Hall–Kier alpha value is -3.36. The number of pyridine rings is 1. The smallest absolute Gasteiger partial charge is 0.417 e. The van der Waals surface area contributed by atoms with Crippen molar-refractivity contribution < 1.29 is 50.9 Å². The molecule has 1 aliphatic rings. The van der Waals surface area contributed by atoms with Crippen LogP contribution in [0.4, 0.5) is 27.6 Å². The number of aliphatic hydroxyl groups excluding tert-OH is 1. The molecule has 14 heteroatoms. The Labute approximate surface area is 220 Å². The number of hydrogen-bond acceptors (Lipinski definition) is 7. The highest BCUT2D eigenvalue weighted by Gasteiger charge is 2.66. The van der Waals surface area contributed by atoms with Gasteiger partial charge in [-0.15, -0.1) is 0 Å². The zero-order chi connectivity index (χ0) is 29.1. The predicted molar refractivity (Wildman–Crippen MR) is 127 cm³/mol. The lowest BCUT2D eigenvalue weighted by molar-refractivity contribution is -0.272. The van der Waals surface area contributed by atoms with Gasteiger partial charge in [0.25, 0.3) is 11.8 Å². The van der Waals surface area contributed by atoms with E-state index in [2.05, 4.69) is 10.3 Å². The molecule has 0 aliphatic carbocycles. The van der Waals surface area contributed by atoms with Gasteiger partial charge in [0.2, 0.25) is 5.82 Å². The van der Waals surface area contributed by atoms with Crippen molar-refractivity contribution in [1.82, 2.24) is 4.98 Å². The minimum absolute atomic E-state index is 0.00209. The number of halogens is 5. The lowest BCUT2D eigenvalue weighted by Crippen LogP contribution is -2.47. The molecule has 3 rings (SSSR count). The van der Waals surface area contributed by atoms with E-state index in [4.69, 9.17) is 19.9 Å². The molecule has 2 aromatic rings. The number of rotatable bonds is 10. The third-order valence-corrected chi connectivity index (χ3v) is 6.77. The Morgan fingerprint density at radius 1 is 1.26 bits per heavy atom. The second kappa shape index (κ2) is 11.8. The zero-order valence-electron chi connectivity index (χ0n) is 21.2. The minimum Gasteiger partial charge on any atom is -0.490 e. The first-order valence-electron chi connectivity index (χ1n) is 11.8. The summed E-state index contributed by atoms with van der Waals surface area (Å²) in [5.41, 5.74) is 1.87. The van der Waals surface area contributed by atoms with E-state index >= 15 is 0 Å². The Kier molecular flexibility index (Phi) is 9.13. The van der Waals surface area contributed by atoms with Gasteiger partial charge in [0.15, 0.2) is 17.2 Å². The normalized spacial score (nSPS) is 23.9. The van der Waals surface area contributed by atoms with Gasteiger partial charge < -0.3 is 30.4 Å². The number of amides is 2. The summed E-state index contributed by atoms with van der Waals surface area (Å²) in [5.74, 6) is -9.08. The molecule has 1 aromatic carbocycles. The molecule has 2 amide bonds. The second-order valence-electron chi connectivity index (χ2n) is 9.34. The lowest BCUT2D eigenvalue weighted by atomic mass is 9.77. The van der Waals surface area contributed by atoms with Crippen molar-refractivity contribution in [1.29, 1.82) is 0 Å². The molecule has 214 valence electrons. The number of nitrogens with zero attached hydrogens (tertiary/aromatic N) is 1. The van der Waals surface area contributed by atoms with Gasteiger partial charge in [-0.1, -0.05) is 13.0 Å². The van der Waals surface area contributed by atoms with Crippen molar-refractivity contribution in [3.63, 3.8) is 0 Å². The predicted octanol–water partition coefficient (Wildman–Crippen LogP) is 3.17. The van der Waals surface area contributed by atoms with Crippen molar-refractivity contribution in [3.8, 4) is 5.75 Å². The number of anilines is 1. The second-order valence-corrected chi connectivity index (χ2v) is 9.34. The van der Waals surface area contributed by atoms with E-state index < -0.39 is 71.4 Å². The molecule has 2 heterocycles. The maximum absolute atomic E-state index is 15.0. The van der Waals surface area contributed by atoms with E-state index in [9.17, 15) is 36.6 Å². The largest absolute Gasteiger partial charge is 0.490 e. The number of alkyl halides is 3. The Balaban J connectivity index is 2.07. The maximum atomic E-state index is 15.0.